The molecule has 0 heterocycles. The van der Waals surface area contributed by atoms with Crippen molar-refractivity contribution in [3.05, 3.63) is 12.7 Å². The Balaban J connectivity index is 2.61. The van der Waals surface area contributed by atoms with E-state index >= 15 is 0 Å². The lowest BCUT2D eigenvalue weighted by Gasteiger charge is -2.05. The van der Waals surface area contributed by atoms with Crippen LogP contribution in [-0.2, 0) is 4.79 Å². The summed E-state index contributed by atoms with van der Waals surface area (Å²) in [7, 11) is 0. The van der Waals surface area contributed by atoms with Gasteiger partial charge in [0.2, 0.25) is 0 Å². The summed E-state index contributed by atoms with van der Waals surface area (Å²) < 4.78 is 0. The lowest BCUT2D eigenvalue weighted by molar-refractivity contribution is -0.120. The number of carbonyl (C=O) groups excluding carboxylic acids is 1. The van der Waals surface area contributed by atoms with E-state index in [0.29, 0.717) is 11.7 Å². The molecule has 1 fully saturated rings. The summed E-state index contributed by atoms with van der Waals surface area (Å²) in [5.41, 5.74) is 0. The summed E-state index contributed by atoms with van der Waals surface area (Å²) in [6.45, 7) is 5.66. The zero-order valence-corrected chi connectivity index (χ0v) is 5.76. The second-order valence-electron chi connectivity index (χ2n) is 2.69. The molecule has 0 aliphatic heterocycles. The van der Waals surface area contributed by atoms with Gasteiger partial charge in [0, 0.05) is 12.3 Å². The Kier molecular flexibility index (Phi) is 1.70. The first-order chi connectivity index (χ1) is 4.25. The van der Waals surface area contributed by atoms with Gasteiger partial charge >= 0.3 is 0 Å². The van der Waals surface area contributed by atoms with Crippen molar-refractivity contribution in [3.8, 4) is 0 Å². The smallest absolute Gasteiger partial charge is 0.136 e. The van der Waals surface area contributed by atoms with E-state index < -0.39 is 0 Å². The molecule has 1 heteroatoms. The predicted octanol–water partition coefficient (Wildman–Crippen LogP) is 1.79. The van der Waals surface area contributed by atoms with Gasteiger partial charge in [-0.05, 0) is 12.3 Å². The number of hydrogen-bond donors (Lipinski definition) is 0. The van der Waals surface area contributed by atoms with Crippen LogP contribution in [-0.4, -0.2) is 5.78 Å². The Bertz CT molecular complexity index is 138. The van der Waals surface area contributed by atoms with Gasteiger partial charge in [-0.2, -0.15) is 0 Å². The molecule has 1 saturated carbocycles. The molecule has 0 aromatic carbocycles. The predicted molar refractivity (Wildman–Crippen MR) is 37.1 cm³/mol. The quantitative estimate of drug-likeness (QED) is 0.487. The average molecular weight is 124 g/mol. The molecule has 0 spiro atoms. The normalized spacial score (nSPS) is 35.0. The molecule has 0 aromatic rings. The summed E-state index contributed by atoms with van der Waals surface area (Å²) in [5.74, 6) is 1.10. The number of hydrogen-bond acceptors (Lipinski definition) is 1. The molecule has 1 aliphatic carbocycles. The molecule has 0 aromatic heterocycles. The fraction of sp³-hybridized carbons (Fsp3) is 0.625. The number of rotatable bonds is 1. The monoisotopic (exact) mass is 124 g/mol. The Labute approximate surface area is 55.8 Å². The largest absolute Gasteiger partial charge is 0.299 e. The second-order valence-corrected chi connectivity index (χ2v) is 2.69. The SMILES string of the molecule is C=C[C@H]1CCC(=O)[C@H]1C. The van der Waals surface area contributed by atoms with E-state index in [-0.39, 0.29) is 5.92 Å². The highest BCUT2D eigenvalue weighted by molar-refractivity contribution is 5.83. The maximum absolute atomic E-state index is 10.9. The highest BCUT2D eigenvalue weighted by Crippen LogP contribution is 2.28. The highest BCUT2D eigenvalue weighted by Gasteiger charge is 2.27. The zero-order chi connectivity index (χ0) is 6.85. The molecule has 0 bridgehead atoms. The average Bonchev–Trinajstić information content (AvgIpc) is 2.15. The van der Waals surface area contributed by atoms with E-state index in [9.17, 15) is 4.79 Å². The minimum atomic E-state index is 0.238. The minimum Gasteiger partial charge on any atom is -0.299 e. The van der Waals surface area contributed by atoms with E-state index in [1.54, 1.807) is 0 Å². The van der Waals surface area contributed by atoms with Crippen molar-refractivity contribution in [2.24, 2.45) is 11.8 Å². The molecule has 0 saturated heterocycles. The van der Waals surface area contributed by atoms with Gasteiger partial charge in [-0.3, -0.25) is 4.79 Å². The summed E-state index contributed by atoms with van der Waals surface area (Å²) in [4.78, 5) is 10.9. The summed E-state index contributed by atoms with van der Waals surface area (Å²) in [5, 5.41) is 0. The first-order valence-corrected chi connectivity index (χ1v) is 3.41. The molecule has 9 heavy (non-hydrogen) atoms. The lowest BCUT2D eigenvalue weighted by atomic mass is 9.98. The van der Waals surface area contributed by atoms with Gasteiger partial charge in [-0.1, -0.05) is 13.0 Å². The van der Waals surface area contributed by atoms with Crippen LogP contribution >= 0.6 is 0 Å². The molecule has 0 radical (unpaired) electrons. The summed E-state index contributed by atoms with van der Waals surface area (Å²) in [6, 6.07) is 0. The third-order valence-electron chi connectivity index (χ3n) is 2.18. The van der Waals surface area contributed by atoms with Crippen LogP contribution in [0.3, 0.4) is 0 Å². The molecule has 50 valence electrons. The second kappa shape index (κ2) is 2.34. The van der Waals surface area contributed by atoms with Crippen LogP contribution < -0.4 is 0 Å². The fourth-order valence-electron chi connectivity index (χ4n) is 1.35. The maximum Gasteiger partial charge on any atom is 0.136 e. The fourth-order valence-corrected chi connectivity index (χ4v) is 1.35. The lowest BCUT2D eigenvalue weighted by Crippen LogP contribution is -2.07. The van der Waals surface area contributed by atoms with E-state index in [1.165, 1.54) is 0 Å². The summed E-state index contributed by atoms with van der Waals surface area (Å²) >= 11 is 0. The molecule has 0 unspecified atom stereocenters. The van der Waals surface area contributed by atoms with Gasteiger partial charge in [-0.25, -0.2) is 0 Å². The Morgan fingerprint density at radius 1 is 1.78 bits per heavy atom. The highest BCUT2D eigenvalue weighted by atomic mass is 16.1. The van der Waals surface area contributed by atoms with Crippen molar-refractivity contribution in [2.45, 2.75) is 19.8 Å². The van der Waals surface area contributed by atoms with Crippen LogP contribution in [0.5, 0.6) is 0 Å². The first-order valence-electron chi connectivity index (χ1n) is 3.41. The topological polar surface area (TPSA) is 17.1 Å². The van der Waals surface area contributed by atoms with Crippen molar-refractivity contribution in [1.82, 2.24) is 0 Å². The minimum absolute atomic E-state index is 0.238. The van der Waals surface area contributed by atoms with E-state index in [2.05, 4.69) is 6.58 Å². The Morgan fingerprint density at radius 3 is 2.67 bits per heavy atom. The van der Waals surface area contributed by atoms with Crippen LogP contribution in [0.15, 0.2) is 12.7 Å². The van der Waals surface area contributed by atoms with Crippen LogP contribution in [0.25, 0.3) is 0 Å². The third-order valence-corrected chi connectivity index (χ3v) is 2.18. The van der Waals surface area contributed by atoms with Crippen LogP contribution in [0.1, 0.15) is 19.8 Å². The van der Waals surface area contributed by atoms with Gasteiger partial charge in [0.25, 0.3) is 0 Å². The first kappa shape index (κ1) is 6.53. The van der Waals surface area contributed by atoms with E-state index in [4.69, 9.17) is 0 Å². The van der Waals surface area contributed by atoms with E-state index in [0.717, 1.165) is 12.8 Å². The molecule has 1 nitrogen and oxygen atoms in total. The molecule has 2 atom stereocenters. The summed E-state index contributed by atoms with van der Waals surface area (Å²) in [6.07, 6.45) is 3.68. The van der Waals surface area contributed by atoms with Gasteiger partial charge in [-0.15, -0.1) is 6.58 Å². The van der Waals surface area contributed by atoms with Crippen LogP contribution in [0.2, 0.25) is 0 Å². The van der Waals surface area contributed by atoms with Crippen LogP contribution in [0, 0.1) is 11.8 Å². The number of Topliss-reactive ketones (excluding diaryl/α,β-unsaturated/α-hetero) is 1. The van der Waals surface area contributed by atoms with Gasteiger partial charge in [0.05, 0.1) is 0 Å². The van der Waals surface area contributed by atoms with Crippen molar-refractivity contribution >= 4 is 5.78 Å². The number of ketones is 1. The number of allylic oxidation sites excluding steroid dienone is 1. The zero-order valence-electron chi connectivity index (χ0n) is 5.76. The van der Waals surface area contributed by atoms with E-state index in [1.807, 2.05) is 13.0 Å². The Morgan fingerprint density at radius 2 is 2.44 bits per heavy atom. The van der Waals surface area contributed by atoms with Crippen molar-refractivity contribution in [1.29, 1.82) is 0 Å². The third kappa shape index (κ3) is 1.04. The molecule has 0 amide bonds. The standard InChI is InChI=1S/C8H12O/c1-3-7-4-5-8(9)6(7)2/h3,6-7H,1,4-5H2,2H3/t6-,7-/m0/s1. The van der Waals surface area contributed by atoms with Crippen LogP contribution in [0.4, 0.5) is 0 Å². The molecular weight excluding hydrogens is 112 g/mol. The van der Waals surface area contributed by atoms with Gasteiger partial charge < -0.3 is 0 Å². The Hall–Kier alpha value is -0.590. The van der Waals surface area contributed by atoms with Crippen molar-refractivity contribution < 1.29 is 4.79 Å². The molecule has 1 aliphatic rings. The molecular formula is C8H12O. The number of carbonyl (C=O) groups is 1. The van der Waals surface area contributed by atoms with Gasteiger partial charge in [0.1, 0.15) is 5.78 Å². The van der Waals surface area contributed by atoms with Gasteiger partial charge in [0.15, 0.2) is 0 Å². The molecule has 0 N–H and O–H groups in total. The van der Waals surface area contributed by atoms with Crippen molar-refractivity contribution in [3.63, 3.8) is 0 Å². The van der Waals surface area contributed by atoms with Crippen molar-refractivity contribution in [2.75, 3.05) is 0 Å². The maximum atomic E-state index is 10.9. The molecule has 1 rings (SSSR count).